The lowest BCUT2D eigenvalue weighted by atomic mass is 10.1. The molecule has 30 heavy (non-hydrogen) atoms. The van der Waals surface area contributed by atoms with Crippen LogP contribution in [0.15, 0.2) is 42.5 Å². The molecular weight excluding hydrogens is 427 g/mol. The summed E-state index contributed by atoms with van der Waals surface area (Å²) in [7, 11) is 2.95. The first-order chi connectivity index (χ1) is 14.1. The molecule has 6 nitrogen and oxygen atoms in total. The fraction of sp³-hybridized carbons (Fsp3) is 0.200. The lowest BCUT2D eigenvalue weighted by molar-refractivity contribution is -0.142. The van der Waals surface area contributed by atoms with Gasteiger partial charge in [0.1, 0.15) is 11.5 Å². The number of ether oxygens (including phenoxy) is 3. The molecule has 0 aromatic heterocycles. The SMILES string of the molecule is COc1ccc(OC)c(C=CC(=O)OCC(=O)Nc2ccc(Cl)c(C(F)(F)F)c2)c1. The normalized spacial score (nSPS) is 11.3. The number of benzene rings is 2. The number of carbonyl (C=O) groups excluding carboxylic acids is 2. The van der Waals surface area contributed by atoms with Crippen molar-refractivity contribution in [2.24, 2.45) is 0 Å². The Kier molecular flexibility index (Phi) is 7.71. The molecule has 0 aliphatic carbocycles. The molecule has 0 unspecified atom stereocenters. The van der Waals surface area contributed by atoms with Crippen LogP contribution in [0.25, 0.3) is 6.08 Å². The van der Waals surface area contributed by atoms with Crippen LogP contribution < -0.4 is 14.8 Å². The molecule has 0 saturated carbocycles. The van der Waals surface area contributed by atoms with E-state index in [1.165, 1.54) is 26.4 Å². The largest absolute Gasteiger partial charge is 0.497 e. The molecule has 0 bridgehead atoms. The van der Waals surface area contributed by atoms with Crippen LogP contribution in [0.5, 0.6) is 11.5 Å². The van der Waals surface area contributed by atoms with Gasteiger partial charge in [-0.2, -0.15) is 13.2 Å². The van der Waals surface area contributed by atoms with Gasteiger partial charge in [0.15, 0.2) is 6.61 Å². The Balaban J connectivity index is 1.96. The van der Waals surface area contributed by atoms with Crippen molar-refractivity contribution in [3.05, 3.63) is 58.6 Å². The minimum Gasteiger partial charge on any atom is -0.497 e. The molecule has 0 aliphatic heterocycles. The summed E-state index contributed by atoms with van der Waals surface area (Å²) in [5.74, 6) is -0.613. The van der Waals surface area contributed by atoms with Gasteiger partial charge in [0.25, 0.3) is 5.91 Å². The van der Waals surface area contributed by atoms with Crippen LogP contribution in [0, 0.1) is 0 Å². The number of methoxy groups -OCH3 is 2. The topological polar surface area (TPSA) is 73.9 Å². The average molecular weight is 444 g/mol. The highest BCUT2D eigenvalue weighted by Crippen LogP contribution is 2.36. The molecule has 0 heterocycles. The highest BCUT2D eigenvalue weighted by Gasteiger charge is 2.33. The molecule has 0 radical (unpaired) electrons. The second kappa shape index (κ2) is 10.0. The standard InChI is InChI=1S/C20H17ClF3NO5/c1-28-14-5-7-17(29-2)12(9-14)3-8-19(27)30-11-18(26)25-13-4-6-16(21)15(10-13)20(22,23)24/h3-10H,11H2,1-2H3,(H,25,26). The quantitative estimate of drug-likeness (QED) is 0.501. The van der Waals surface area contributed by atoms with Crippen molar-refractivity contribution in [1.29, 1.82) is 0 Å². The third kappa shape index (κ3) is 6.41. The van der Waals surface area contributed by atoms with Crippen LogP contribution in [-0.2, 0) is 20.5 Å². The molecule has 2 aromatic carbocycles. The molecule has 1 N–H and O–H groups in total. The van der Waals surface area contributed by atoms with Gasteiger partial charge in [0, 0.05) is 17.3 Å². The van der Waals surface area contributed by atoms with Crippen LogP contribution in [0.3, 0.4) is 0 Å². The van der Waals surface area contributed by atoms with E-state index in [2.05, 4.69) is 5.32 Å². The zero-order valence-electron chi connectivity index (χ0n) is 15.9. The van der Waals surface area contributed by atoms with E-state index in [-0.39, 0.29) is 5.69 Å². The Labute approximate surface area is 175 Å². The summed E-state index contributed by atoms with van der Waals surface area (Å²) in [6.07, 6.45) is -2.18. The third-order valence-corrected chi connectivity index (χ3v) is 4.07. The Bertz CT molecular complexity index is 960. The number of esters is 1. The summed E-state index contributed by atoms with van der Waals surface area (Å²) >= 11 is 5.52. The van der Waals surface area contributed by atoms with Crippen molar-refractivity contribution >= 4 is 35.2 Å². The highest BCUT2D eigenvalue weighted by atomic mass is 35.5. The molecule has 0 spiro atoms. The summed E-state index contributed by atoms with van der Waals surface area (Å²) in [6.45, 7) is -0.692. The smallest absolute Gasteiger partial charge is 0.417 e. The molecule has 2 rings (SSSR count). The number of amides is 1. The monoisotopic (exact) mass is 443 g/mol. The predicted molar refractivity (Wildman–Crippen MR) is 105 cm³/mol. The van der Waals surface area contributed by atoms with Gasteiger partial charge in [-0.1, -0.05) is 11.6 Å². The van der Waals surface area contributed by atoms with Crippen molar-refractivity contribution in [2.45, 2.75) is 6.18 Å². The Morgan fingerprint density at radius 2 is 1.83 bits per heavy atom. The summed E-state index contributed by atoms with van der Waals surface area (Å²) < 4.78 is 53.6. The number of carbonyl (C=O) groups is 2. The van der Waals surface area contributed by atoms with Crippen LogP contribution in [0.2, 0.25) is 5.02 Å². The van der Waals surface area contributed by atoms with Gasteiger partial charge < -0.3 is 19.5 Å². The van der Waals surface area contributed by atoms with E-state index in [1.807, 2.05) is 0 Å². The maximum absolute atomic E-state index is 12.9. The Hall–Kier alpha value is -3.20. The van der Waals surface area contributed by atoms with E-state index in [4.69, 9.17) is 25.8 Å². The second-order valence-corrected chi connectivity index (χ2v) is 6.20. The lowest BCUT2D eigenvalue weighted by Crippen LogP contribution is -2.20. The average Bonchev–Trinajstić information content (AvgIpc) is 2.71. The van der Waals surface area contributed by atoms with Crippen LogP contribution in [0.4, 0.5) is 18.9 Å². The summed E-state index contributed by atoms with van der Waals surface area (Å²) in [6, 6.07) is 7.87. The number of rotatable bonds is 7. The van der Waals surface area contributed by atoms with Crippen LogP contribution in [0.1, 0.15) is 11.1 Å². The van der Waals surface area contributed by atoms with Gasteiger partial charge in [-0.15, -0.1) is 0 Å². The molecule has 1 amide bonds. The summed E-state index contributed by atoms with van der Waals surface area (Å²) in [5.41, 5.74) is -0.683. The zero-order chi connectivity index (χ0) is 22.3. The molecule has 0 fully saturated rings. The van der Waals surface area contributed by atoms with Crippen molar-refractivity contribution in [1.82, 2.24) is 0 Å². The predicted octanol–water partition coefficient (Wildman–Crippen LogP) is 4.57. The van der Waals surface area contributed by atoms with Gasteiger partial charge in [-0.25, -0.2) is 4.79 Å². The summed E-state index contributed by atoms with van der Waals surface area (Å²) in [5, 5.41) is 1.71. The minimum absolute atomic E-state index is 0.135. The number of anilines is 1. The lowest BCUT2D eigenvalue weighted by Gasteiger charge is -2.11. The van der Waals surface area contributed by atoms with E-state index in [0.29, 0.717) is 23.1 Å². The first kappa shape index (κ1) is 23.1. The number of hydrogen-bond acceptors (Lipinski definition) is 5. The molecule has 160 valence electrons. The van der Waals surface area contributed by atoms with Crippen molar-refractivity contribution in [3.8, 4) is 11.5 Å². The van der Waals surface area contributed by atoms with Gasteiger partial charge in [-0.05, 0) is 42.5 Å². The Morgan fingerprint density at radius 1 is 1.10 bits per heavy atom. The van der Waals surface area contributed by atoms with Crippen molar-refractivity contribution in [3.63, 3.8) is 0 Å². The molecule has 2 aromatic rings. The van der Waals surface area contributed by atoms with E-state index in [0.717, 1.165) is 12.1 Å². The van der Waals surface area contributed by atoms with Crippen molar-refractivity contribution in [2.75, 3.05) is 26.1 Å². The molecular formula is C20H17ClF3NO5. The van der Waals surface area contributed by atoms with Crippen LogP contribution >= 0.6 is 11.6 Å². The highest BCUT2D eigenvalue weighted by molar-refractivity contribution is 6.31. The second-order valence-electron chi connectivity index (χ2n) is 5.79. The molecule has 0 atom stereocenters. The molecule has 0 saturated heterocycles. The summed E-state index contributed by atoms with van der Waals surface area (Å²) in [4.78, 5) is 23.7. The van der Waals surface area contributed by atoms with Gasteiger partial charge in [0.2, 0.25) is 0 Å². The fourth-order valence-corrected chi connectivity index (χ4v) is 2.55. The van der Waals surface area contributed by atoms with Crippen LogP contribution in [-0.4, -0.2) is 32.7 Å². The van der Waals surface area contributed by atoms with Gasteiger partial charge in [-0.3, -0.25) is 4.79 Å². The maximum Gasteiger partial charge on any atom is 0.417 e. The molecule has 10 heteroatoms. The minimum atomic E-state index is -4.67. The third-order valence-electron chi connectivity index (χ3n) is 3.74. The van der Waals surface area contributed by atoms with E-state index < -0.39 is 35.2 Å². The van der Waals surface area contributed by atoms with Gasteiger partial charge in [0.05, 0.1) is 24.8 Å². The Morgan fingerprint density at radius 3 is 2.47 bits per heavy atom. The first-order valence-corrected chi connectivity index (χ1v) is 8.75. The fourth-order valence-electron chi connectivity index (χ4n) is 2.33. The first-order valence-electron chi connectivity index (χ1n) is 8.37. The van der Waals surface area contributed by atoms with E-state index in [9.17, 15) is 22.8 Å². The van der Waals surface area contributed by atoms with E-state index in [1.54, 1.807) is 18.2 Å². The number of hydrogen-bond donors (Lipinski definition) is 1. The number of alkyl halides is 3. The molecule has 0 aliphatic rings. The number of nitrogens with one attached hydrogen (secondary N) is 1. The van der Waals surface area contributed by atoms with Crippen molar-refractivity contribution < 1.29 is 37.0 Å². The number of halogens is 4. The zero-order valence-corrected chi connectivity index (χ0v) is 16.6. The maximum atomic E-state index is 12.9. The van der Waals surface area contributed by atoms with E-state index >= 15 is 0 Å². The van der Waals surface area contributed by atoms with Gasteiger partial charge >= 0.3 is 12.1 Å².